The van der Waals surface area contributed by atoms with Crippen molar-refractivity contribution in [2.45, 2.75) is 19.5 Å². The normalized spacial score (nSPS) is 11.2. The van der Waals surface area contributed by atoms with Gasteiger partial charge in [-0.05, 0) is 24.6 Å². The Bertz CT molecular complexity index is 402. The van der Waals surface area contributed by atoms with E-state index >= 15 is 0 Å². The number of rotatable bonds is 5. The summed E-state index contributed by atoms with van der Waals surface area (Å²) in [5.74, 6) is 1.30. The Hall–Kier alpha value is -1.46. The van der Waals surface area contributed by atoms with Gasteiger partial charge in [-0.15, -0.1) is 12.4 Å². The Morgan fingerprint density at radius 3 is 2.11 bits per heavy atom. The molecule has 2 N–H and O–H groups in total. The smallest absolute Gasteiger partial charge is 0.239 e. The number of nitrogens with zero attached hydrogens (tertiary/aromatic N) is 1. The van der Waals surface area contributed by atoms with E-state index in [-0.39, 0.29) is 18.3 Å². The van der Waals surface area contributed by atoms with Crippen LogP contribution in [0.3, 0.4) is 0 Å². The van der Waals surface area contributed by atoms with Crippen LogP contribution in [0.15, 0.2) is 18.2 Å². The SMILES string of the molecule is COc1cc(CN(C)C(=O)[C@@H](C)N)cc(OC)c1.Cl. The summed E-state index contributed by atoms with van der Waals surface area (Å²) in [5.41, 5.74) is 6.50. The topological polar surface area (TPSA) is 64.8 Å². The standard InChI is InChI=1S/C13H20N2O3.ClH/c1-9(14)13(16)15(2)8-10-5-11(17-3)7-12(6-10)18-4;/h5-7,9H,8,14H2,1-4H3;1H/t9-;/m1./s1. The molecule has 0 unspecified atom stereocenters. The van der Waals surface area contributed by atoms with Gasteiger partial charge in [0.05, 0.1) is 20.3 Å². The number of nitrogens with two attached hydrogens (primary N) is 1. The maximum absolute atomic E-state index is 11.7. The van der Waals surface area contributed by atoms with Crippen molar-refractivity contribution in [2.75, 3.05) is 21.3 Å². The average Bonchev–Trinajstić information content (AvgIpc) is 2.36. The molecule has 1 amide bonds. The molecule has 6 heteroatoms. The molecule has 1 aromatic carbocycles. The molecule has 0 aliphatic heterocycles. The molecular formula is C13H21ClN2O3. The van der Waals surface area contributed by atoms with Gasteiger partial charge in [0, 0.05) is 19.7 Å². The van der Waals surface area contributed by atoms with Crippen molar-refractivity contribution in [1.82, 2.24) is 4.90 Å². The summed E-state index contributed by atoms with van der Waals surface area (Å²) in [5, 5.41) is 0. The third-order valence-corrected chi connectivity index (χ3v) is 2.60. The van der Waals surface area contributed by atoms with E-state index in [2.05, 4.69) is 0 Å². The molecule has 19 heavy (non-hydrogen) atoms. The average molecular weight is 289 g/mol. The van der Waals surface area contributed by atoms with Crippen molar-refractivity contribution < 1.29 is 14.3 Å². The van der Waals surface area contributed by atoms with Crippen LogP contribution >= 0.6 is 12.4 Å². The molecule has 0 aliphatic rings. The fourth-order valence-corrected chi connectivity index (χ4v) is 1.66. The monoisotopic (exact) mass is 288 g/mol. The van der Waals surface area contributed by atoms with Gasteiger partial charge >= 0.3 is 0 Å². The minimum atomic E-state index is -0.498. The van der Waals surface area contributed by atoms with Crippen molar-refractivity contribution in [3.63, 3.8) is 0 Å². The van der Waals surface area contributed by atoms with Gasteiger partial charge in [0.25, 0.3) is 0 Å². The van der Waals surface area contributed by atoms with E-state index in [4.69, 9.17) is 15.2 Å². The van der Waals surface area contributed by atoms with E-state index in [1.165, 1.54) is 0 Å². The number of ether oxygens (including phenoxy) is 2. The molecule has 0 fully saturated rings. The Labute approximate surface area is 120 Å². The van der Waals surface area contributed by atoms with Crippen LogP contribution in [0.1, 0.15) is 12.5 Å². The zero-order valence-corrected chi connectivity index (χ0v) is 12.5. The second-order valence-corrected chi connectivity index (χ2v) is 4.20. The molecule has 0 heterocycles. The van der Waals surface area contributed by atoms with E-state index in [9.17, 15) is 4.79 Å². The van der Waals surface area contributed by atoms with Gasteiger partial charge in [0.2, 0.25) is 5.91 Å². The number of carbonyl (C=O) groups is 1. The van der Waals surface area contributed by atoms with E-state index in [0.29, 0.717) is 18.0 Å². The molecule has 108 valence electrons. The van der Waals surface area contributed by atoms with Gasteiger partial charge in [-0.3, -0.25) is 4.79 Å². The Kier molecular flexibility index (Phi) is 7.26. The fraction of sp³-hybridized carbons (Fsp3) is 0.462. The molecule has 1 atom stereocenters. The van der Waals surface area contributed by atoms with Crippen LogP contribution in [0.5, 0.6) is 11.5 Å². The highest BCUT2D eigenvalue weighted by atomic mass is 35.5. The molecule has 0 aliphatic carbocycles. The highest BCUT2D eigenvalue weighted by Crippen LogP contribution is 2.23. The summed E-state index contributed by atoms with van der Waals surface area (Å²) in [6, 6.07) is 5.03. The summed E-state index contributed by atoms with van der Waals surface area (Å²) < 4.78 is 10.4. The summed E-state index contributed by atoms with van der Waals surface area (Å²) in [6.07, 6.45) is 0. The zero-order chi connectivity index (χ0) is 13.7. The number of hydrogen-bond acceptors (Lipinski definition) is 4. The zero-order valence-electron chi connectivity index (χ0n) is 11.7. The van der Waals surface area contributed by atoms with Gasteiger partial charge in [0.15, 0.2) is 0 Å². The molecule has 0 aromatic heterocycles. The first kappa shape index (κ1) is 17.5. The number of amides is 1. The lowest BCUT2D eigenvalue weighted by Crippen LogP contribution is -2.39. The van der Waals surface area contributed by atoms with Crippen LogP contribution in [0.25, 0.3) is 0 Å². The third kappa shape index (κ3) is 4.96. The van der Waals surface area contributed by atoms with Crippen molar-refractivity contribution in [3.05, 3.63) is 23.8 Å². The van der Waals surface area contributed by atoms with Crippen LogP contribution in [-0.4, -0.2) is 38.1 Å². The fourth-order valence-electron chi connectivity index (χ4n) is 1.66. The van der Waals surface area contributed by atoms with Crippen molar-refractivity contribution in [2.24, 2.45) is 5.73 Å². The van der Waals surface area contributed by atoms with E-state index in [1.54, 1.807) is 39.2 Å². The first-order valence-corrected chi connectivity index (χ1v) is 5.70. The van der Waals surface area contributed by atoms with Gasteiger partial charge in [0.1, 0.15) is 11.5 Å². The maximum Gasteiger partial charge on any atom is 0.239 e. The summed E-state index contributed by atoms with van der Waals surface area (Å²) >= 11 is 0. The van der Waals surface area contributed by atoms with Crippen molar-refractivity contribution in [3.8, 4) is 11.5 Å². The highest BCUT2D eigenvalue weighted by molar-refractivity contribution is 5.85. The molecular weight excluding hydrogens is 268 g/mol. The predicted molar refractivity (Wildman–Crippen MR) is 76.9 cm³/mol. The summed E-state index contributed by atoms with van der Waals surface area (Å²) in [4.78, 5) is 13.3. The van der Waals surface area contributed by atoms with Crippen molar-refractivity contribution >= 4 is 18.3 Å². The van der Waals surface area contributed by atoms with Crippen LogP contribution in [0.2, 0.25) is 0 Å². The second-order valence-electron chi connectivity index (χ2n) is 4.20. The first-order chi connectivity index (χ1) is 8.47. The molecule has 0 bridgehead atoms. The van der Waals surface area contributed by atoms with Crippen LogP contribution < -0.4 is 15.2 Å². The van der Waals surface area contributed by atoms with Crippen LogP contribution in [0, 0.1) is 0 Å². The quantitative estimate of drug-likeness (QED) is 0.890. The molecule has 0 spiro atoms. The number of likely N-dealkylation sites (N-methyl/N-ethyl adjacent to an activating group) is 1. The van der Waals surface area contributed by atoms with Crippen molar-refractivity contribution in [1.29, 1.82) is 0 Å². The lowest BCUT2D eigenvalue weighted by molar-refractivity contribution is -0.131. The second kappa shape index (κ2) is 7.86. The van der Waals surface area contributed by atoms with Gasteiger partial charge < -0.3 is 20.1 Å². The van der Waals surface area contributed by atoms with Crippen LogP contribution in [0.4, 0.5) is 0 Å². The first-order valence-electron chi connectivity index (χ1n) is 5.70. The highest BCUT2D eigenvalue weighted by Gasteiger charge is 2.14. The number of methoxy groups -OCH3 is 2. The van der Waals surface area contributed by atoms with Gasteiger partial charge in [-0.25, -0.2) is 0 Å². The number of halogens is 1. The molecule has 0 saturated heterocycles. The summed E-state index contributed by atoms with van der Waals surface area (Å²) in [6.45, 7) is 2.14. The van der Waals surface area contributed by atoms with Crippen LogP contribution in [-0.2, 0) is 11.3 Å². The van der Waals surface area contributed by atoms with E-state index in [0.717, 1.165) is 5.56 Å². The third-order valence-electron chi connectivity index (χ3n) is 2.60. The predicted octanol–water partition coefficient (Wildman–Crippen LogP) is 1.43. The molecule has 0 radical (unpaired) electrons. The molecule has 1 rings (SSSR count). The Morgan fingerprint density at radius 2 is 1.74 bits per heavy atom. The van der Waals surface area contributed by atoms with Gasteiger partial charge in [-0.1, -0.05) is 0 Å². The molecule has 0 saturated carbocycles. The number of hydrogen-bond donors (Lipinski definition) is 1. The summed E-state index contributed by atoms with van der Waals surface area (Å²) in [7, 11) is 4.91. The minimum absolute atomic E-state index is 0. The maximum atomic E-state index is 11.7. The Morgan fingerprint density at radius 1 is 1.26 bits per heavy atom. The number of benzene rings is 1. The lowest BCUT2D eigenvalue weighted by atomic mass is 10.2. The number of carbonyl (C=O) groups excluding carboxylic acids is 1. The van der Waals surface area contributed by atoms with E-state index < -0.39 is 6.04 Å². The Balaban J connectivity index is 0.00000324. The van der Waals surface area contributed by atoms with Gasteiger partial charge in [-0.2, -0.15) is 0 Å². The molecule has 5 nitrogen and oxygen atoms in total. The van der Waals surface area contributed by atoms with E-state index in [1.807, 2.05) is 12.1 Å². The lowest BCUT2D eigenvalue weighted by Gasteiger charge is -2.20. The molecule has 1 aromatic rings. The minimum Gasteiger partial charge on any atom is -0.497 e. The largest absolute Gasteiger partial charge is 0.497 e.